The van der Waals surface area contributed by atoms with E-state index in [1.54, 1.807) is 40.7 Å². The lowest BCUT2D eigenvalue weighted by molar-refractivity contribution is 0.486. The fraction of sp³-hybridized carbons (Fsp3) is 0.389. The molecule has 28 heavy (non-hydrogen) atoms. The third-order valence-corrected chi connectivity index (χ3v) is 6.42. The van der Waals surface area contributed by atoms with E-state index in [2.05, 4.69) is 5.10 Å². The lowest BCUT2D eigenvalue weighted by Crippen LogP contribution is -2.41. The maximum Gasteiger partial charge on any atom is 0.333 e. The number of rotatable bonds is 4. The first-order valence-corrected chi connectivity index (χ1v) is 10.6. The van der Waals surface area contributed by atoms with Gasteiger partial charge >= 0.3 is 5.69 Å². The standard InChI is InChI=1S/C18H21ClN4O4S/c1-10(2)22-16-14(17(24)23(11(3)4)18(22)25)9-21(20-16)28(26,27)13-7-6-12(5)15(19)8-13/h6-11H,1-5H3. The molecule has 150 valence electrons. The maximum absolute atomic E-state index is 13.0. The zero-order chi connectivity index (χ0) is 21.0. The van der Waals surface area contributed by atoms with Crippen LogP contribution in [-0.4, -0.2) is 26.7 Å². The lowest BCUT2D eigenvalue weighted by Gasteiger charge is -2.15. The van der Waals surface area contributed by atoms with Gasteiger partial charge in [0.2, 0.25) is 0 Å². The third kappa shape index (κ3) is 3.08. The van der Waals surface area contributed by atoms with Crippen LogP contribution in [0.5, 0.6) is 0 Å². The van der Waals surface area contributed by atoms with E-state index in [0.29, 0.717) is 5.02 Å². The number of halogens is 1. The van der Waals surface area contributed by atoms with E-state index >= 15 is 0 Å². The molecule has 8 nitrogen and oxygen atoms in total. The Morgan fingerprint density at radius 2 is 1.64 bits per heavy atom. The summed E-state index contributed by atoms with van der Waals surface area (Å²) >= 11 is 6.06. The largest absolute Gasteiger partial charge is 0.333 e. The predicted octanol–water partition coefficient (Wildman–Crippen LogP) is 2.72. The van der Waals surface area contributed by atoms with Crippen LogP contribution in [-0.2, 0) is 10.0 Å². The van der Waals surface area contributed by atoms with Crippen LogP contribution in [0.2, 0.25) is 5.02 Å². The number of aryl methyl sites for hydroxylation is 1. The fourth-order valence-corrected chi connectivity index (χ4v) is 4.38. The molecule has 3 rings (SSSR count). The van der Waals surface area contributed by atoms with Crippen LogP contribution in [0.3, 0.4) is 0 Å². The Balaban J connectivity index is 2.37. The molecule has 0 fully saturated rings. The van der Waals surface area contributed by atoms with E-state index < -0.39 is 21.3 Å². The Labute approximate surface area is 167 Å². The van der Waals surface area contributed by atoms with Gasteiger partial charge in [-0.2, -0.15) is 12.5 Å². The van der Waals surface area contributed by atoms with Gasteiger partial charge in [0, 0.05) is 17.1 Å². The van der Waals surface area contributed by atoms with Crippen molar-refractivity contribution in [1.82, 2.24) is 18.3 Å². The van der Waals surface area contributed by atoms with Crippen LogP contribution in [0, 0.1) is 6.92 Å². The maximum atomic E-state index is 13.0. The van der Waals surface area contributed by atoms with E-state index in [9.17, 15) is 18.0 Å². The topological polar surface area (TPSA) is 96.0 Å². The summed E-state index contributed by atoms with van der Waals surface area (Å²) in [6.07, 6.45) is 1.15. The van der Waals surface area contributed by atoms with Crippen molar-refractivity contribution in [2.24, 2.45) is 0 Å². The molecule has 10 heteroatoms. The summed E-state index contributed by atoms with van der Waals surface area (Å²) in [4.78, 5) is 25.6. The third-order valence-electron chi connectivity index (χ3n) is 4.48. The monoisotopic (exact) mass is 424 g/mol. The van der Waals surface area contributed by atoms with Crippen molar-refractivity contribution >= 4 is 32.7 Å². The van der Waals surface area contributed by atoms with Crippen molar-refractivity contribution in [3.63, 3.8) is 0 Å². The molecule has 2 heterocycles. The molecule has 0 saturated heterocycles. The highest BCUT2D eigenvalue weighted by Crippen LogP contribution is 2.23. The Hall–Kier alpha value is -2.39. The average Bonchev–Trinajstić information content (AvgIpc) is 3.02. The van der Waals surface area contributed by atoms with Crippen LogP contribution in [0.25, 0.3) is 11.0 Å². The molecule has 0 amide bonds. The molecule has 0 unspecified atom stereocenters. The van der Waals surface area contributed by atoms with Gasteiger partial charge in [0.1, 0.15) is 5.39 Å². The van der Waals surface area contributed by atoms with Gasteiger partial charge in [0.15, 0.2) is 5.65 Å². The smallest absolute Gasteiger partial charge is 0.273 e. The average molecular weight is 425 g/mol. The molecule has 3 aromatic rings. The van der Waals surface area contributed by atoms with E-state index in [-0.39, 0.29) is 28.0 Å². The second-order valence-electron chi connectivity index (χ2n) is 7.17. The van der Waals surface area contributed by atoms with Gasteiger partial charge in [-0.1, -0.05) is 17.7 Å². The fourth-order valence-electron chi connectivity index (χ4n) is 2.98. The number of hydrogen-bond donors (Lipinski definition) is 0. The second kappa shape index (κ2) is 6.89. The minimum absolute atomic E-state index is 0.0312. The van der Waals surface area contributed by atoms with Crippen LogP contribution in [0.1, 0.15) is 45.3 Å². The molecule has 0 atom stereocenters. The molecule has 0 bridgehead atoms. The van der Waals surface area contributed by atoms with Crippen LogP contribution in [0.4, 0.5) is 0 Å². The first kappa shape index (κ1) is 20.3. The van der Waals surface area contributed by atoms with Gasteiger partial charge in [0.05, 0.1) is 11.1 Å². The van der Waals surface area contributed by atoms with Crippen LogP contribution >= 0.6 is 11.6 Å². The summed E-state index contributed by atoms with van der Waals surface area (Å²) in [7, 11) is -4.09. The van der Waals surface area contributed by atoms with Crippen LogP contribution < -0.4 is 11.2 Å². The minimum Gasteiger partial charge on any atom is -0.273 e. The van der Waals surface area contributed by atoms with Crippen LogP contribution in [0.15, 0.2) is 38.9 Å². The Morgan fingerprint density at radius 3 is 2.18 bits per heavy atom. The zero-order valence-corrected chi connectivity index (χ0v) is 17.7. The van der Waals surface area contributed by atoms with Crippen molar-refractivity contribution in [2.45, 2.75) is 51.6 Å². The van der Waals surface area contributed by atoms with Gasteiger partial charge in [-0.05, 0) is 52.3 Å². The Bertz CT molecular complexity index is 1300. The zero-order valence-electron chi connectivity index (χ0n) is 16.2. The van der Waals surface area contributed by atoms with Gasteiger partial charge in [-0.3, -0.25) is 13.9 Å². The van der Waals surface area contributed by atoms with Crippen molar-refractivity contribution in [1.29, 1.82) is 0 Å². The van der Waals surface area contributed by atoms with Gasteiger partial charge < -0.3 is 0 Å². The molecule has 0 saturated carbocycles. The summed E-state index contributed by atoms with van der Waals surface area (Å²) in [5, 5.41) is 4.46. The minimum atomic E-state index is -4.09. The predicted molar refractivity (Wildman–Crippen MR) is 108 cm³/mol. The molecule has 0 N–H and O–H groups in total. The van der Waals surface area contributed by atoms with Gasteiger partial charge in [-0.25, -0.2) is 4.79 Å². The summed E-state index contributed by atoms with van der Waals surface area (Å²) in [5.74, 6) is 0. The summed E-state index contributed by atoms with van der Waals surface area (Å²) in [6, 6.07) is 3.64. The lowest BCUT2D eigenvalue weighted by atomic mass is 10.2. The van der Waals surface area contributed by atoms with E-state index in [0.717, 1.165) is 20.4 Å². The molecule has 0 aliphatic heterocycles. The number of hydrogen-bond acceptors (Lipinski definition) is 5. The van der Waals surface area contributed by atoms with E-state index in [1.807, 2.05) is 0 Å². The van der Waals surface area contributed by atoms with E-state index in [4.69, 9.17) is 11.6 Å². The highest BCUT2D eigenvalue weighted by Gasteiger charge is 2.25. The molecule has 0 radical (unpaired) electrons. The first-order valence-electron chi connectivity index (χ1n) is 8.75. The van der Waals surface area contributed by atoms with E-state index in [1.165, 1.54) is 16.7 Å². The molecule has 0 aliphatic carbocycles. The highest BCUT2D eigenvalue weighted by atomic mass is 35.5. The van der Waals surface area contributed by atoms with Crippen molar-refractivity contribution in [3.05, 3.63) is 55.8 Å². The number of nitrogens with zero attached hydrogens (tertiary/aromatic N) is 4. The molecular weight excluding hydrogens is 404 g/mol. The first-order chi connectivity index (χ1) is 13.0. The molecule has 0 aliphatic rings. The Kier molecular flexibility index (Phi) is 5.01. The van der Waals surface area contributed by atoms with Gasteiger partial charge in [0.25, 0.3) is 15.6 Å². The molecule has 2 aromatic heterocycles. The van der Waals surface area contributed by atoms with Crippen molar-refractivity contribution < 1.29 is 8.42 Å². The highest BCUT2D eigenvalue weighted by molar-refractivity contribution is 7.89. The SMILES string of the molecule is Cc1ccc(S(=O)(=O)n2cc3c(=O)n(C(C)C)c(=O)n(C(C)C)c3n2)cc1Cl. The number of aromatic nitrogens is 4. The number of benzene rings is 1. The molecular formula is C18H21ClN4O4S. The summed E-state index contributed by atoms with van der Waals surface area (Å²) in [5.41, 5.74) is -0.331. The summed E-state index contributed by atoms with van der Waals surface area (Å²) in [6.45, 7) is 8.73. The molecule has 0 spiro atoms. The van der Waals surface area contributed by atoms with Gasteiger partial charge in [-0.15, -0.1) is 5.10 Å². The van der Waals surface area contributed by atoms with Crippen molar-refractivity contribution in [2.75, 3.05) is 0 Å². The molecule has 1 aromatic carbocycles. The van der Waals surface area contributed by atoms with Crippen molar-refractivity contribution in [3.8, 4) is 0 Å². The summed E-state index contributed by atoms with van der Waals surface area (Å²) < 4.78 is 29.2. The second-order valence-corrected chi connectivity index (χ2v) is 9.37. The number of fused-ring (bicyclic) bond motifs is 1. The normalized spacial score (nSPS) is 12.4. The quantitative estimate of drug-likeness (QED) is 0.641. The Morgan fingerprint density at radius 1 is 1.04 bits per heavy atom.